The molecule has 0 N–H and O–H groups in total. The van der Waals surface area contributed by atoms with Gasteiger partial charge in [-0.2, -0.15) is 0 Å². The smallest absolute Gasteiger partial charge is 0.164 e. The second kappa shape index (κ2) is 11.8. The highest BCUT2D eigenvalue weighted by Crippen LogP contribution is 2.41. The molecule has 0 spiro atoms. The van der Waals surface area contributed by atoms with Crippen LogP contribution < -0.4 is 0 Å². The maximum absolute atomic E-state index is 5.18. The lowest BCUT2D eigenvalue weighted by atomic mass is 9.93. The van der Waals surface area contributed by atoms with Gasteiger partial charge >= 0.3 is 0 Å². The minimum atomic E-state index is 0.646. The molecule has 3 heterocycles. The number of rotatable bonds is 5. The number of hydrogen-bond acceptors (Lipinski definition) is 5. The lowest BCUT2D eigenvalue weighted by Gasteiger charge is -2.14. The van der Waals surface area contributed by atoms with Crippen molar-refractivity contribution in [2.45, 2.75) is 0 Å². The zero-order chi connectivity index (χ0) is 33.0. The zero-order valence-electron chi connectivity index (χ0n) is 26.7. The first kappa shape index (κ1) is 29.0. The minimum absolute atomic E-state index is 0.646. The molecule has 5 heteroatoms. The minimum Gasteiger partial charge on any atom is -0.208 e. The highest BCUT2D eigenvalue weighted by molar-refractivity contribution is 7.26. The fourth-order valence-electron chi connectivity index (χ4n) is 6.89. The Balaban J connectivity index is 1.21. The summed E-state index contributed by atoms with van der Waals surface area (Å²) in [6.07, 6.45) is 0. The van der Waals surface area contributed by atoms with E-state index in [1.165, 1.54) is 40.3 Å². The van der Waals surface area contributed by atoms with Gasteiger partial charge in [0, 0.05) is 57.0 Å². The summed E-state index contributed by atoms with van der Waals surface area (Å²) in [4.78, 5) is 15.4. The van der Waals surface area contributed by atoms with Gasteiger partial charge in [0.05, 0.1) is 0 Å². The molecule has 3 nitrogen and oxygen atoms in total. The van der Waals surface area contributed by atoms with E-state index < -0.39 is 0 Å². The number of hydrogen-bond donors (Lipinski definition) is 0. The van der Waals surface area contributed by atoms with Crippen molar-refractivity contribution in [3.05, 3.63) is 164 Å². The maximum Gasteiger partial charge on any atom is 0.164 e. The van der Waals surface area contributed by atoms with E-state index >= 15 is 0 Å². The van der Waals surface area contributed by atoms with Crippen LogP contribution in [0, 0.1) is 0 Å². The summed E-state index contributed by atoms with van der Waals surface area (Å²) in [6, 6.07) is 58.0. The Bertz CT molecular complexity index is 2810. The normalized spacial score (nSPS) is 11.6. The molecule has 10 rings (SSSR count). The highest BCUT2D eigenvalue weighted by Gasteiger charge is 2.18. The van der Waals surface area contributed by atoms with Crippen LogP contribution in [0.4, 0.5) is 0 Å². The number of aromatic nitrogens is 3. The highest BCUT2D eigenvalue weighted by atomic mass is 32.1. The summed E-state index contributed by atoms with van der Waals surface area (Å²) in [5.74, 6) is 1.95. The Hall–Kier alpha value is -6.01. The molecule has 7 aromatic carbocycles. The average Bonchev–Trinajstić information content (AvgIpc) is 3.76. The van der Waals surface area contributed by atoms with Crippen molar-refractivity contribution in [1.82, 2.24) is 15.0 Å². The summed E-state index contributed by atoms with van der Waals surface area (Å²) in [6.45, 7) is 0. The Kier molecular flexibility index (Phi) is 6.86. The molecule has 0 saturated carbocycles. The third kappa shape index (κ3) is 4.98. The van der Waals surface area contributed by atoms with Gasteiger partial charge in [-0.05, 0) is 58.7 Å². The molecule has 0 saturated heterocycles. The van der Waals surface area contributed by atoms with Gasteiger partial charge in [0.25, 0.3) is 0 Å². The molecular formula is C45H27N3S2. The van der Waals surface area contributed by atoms with E-state index in [1.807, 2.05) is 59.1 Å². The molecule has 0 bridgehead atoms. The standard InChI is InChI=1S/C45H27N3S2/c1-3-11-28(12-4-1)43-46-44(29-13-5-2-6-14-29)48-45(47-43)38-25-30(31-20-23-36-34-15-7-9-17-39(34)50-42(36)27-31)19-22-33(38)32-21-24-41-37(26-32)35-16-8-10-18-40(35)49-41/h1-27H. The summed E-state index contributed by atoms with van der Waals surface area (Å²) in [5, 5.41) is 5.14. The molecule has 0 aliphatic heterocycles. The third-order valence-electron chi connectivity index (χ3n) is 9.36. The average molecular weight is 674 g/mol. The van der Waals surface area contributed by atoms with E-state index in [1.54, 1.807) is 0 Å². The summed E-state index contributed by atoms with van der Waals surface area (Å²) < 4.78 is 5.16. The molecule has 0 amide bonds. The molecule has 234 valence electrons. The fraction of sp³-hybridized carbons (Fsp3) is 0. The van der Waals surface area contributed by atoms with E-state index in [2.05, 4.69) is 127 Å². The van der Waals surface area contributed by atoms with Crippen LogP contribution in [-0.4, -0.2) is 15.0 Å². The molecule has 3 aromatic heterocycles. The maximum atomic E-state index is 5.18. The molecule has 0 unspecified atom stereocenters. The monoisotopic (exact) mass is 673 g/mol. The van der Waals surface area contributed by atoms with E-state index in [-0.39, 0.29) is 0 Å². The quantitative estimate of drug-likeness (QED) is 0.182. The SMILES string of the molecule is c1ccc(-c2nc(-c3ccccc3)nc(-c3cc(-c4ccc5c(c4)sc4ccccc45)ccc3-c3ccc4sc5ccccc5c4c3)n2)cc1. The van der Waals surface area contributed by atoms with E-state index in [4.69, 9.17) is 15.0 Å². The van der Waals surface area contributed by atoms with Gasteiger partial charge in [0.15, 0.2) is 17.5 Å². The fourth-order valence-corrected chi connectivity index (χ4v) is 9.12. The summed E-state index contributed by atoms with van der Waals surface area (Å²) in [5.41, 5.74) is 7.36. The molecule has 0 aliphatic carbocycles. The van der Waals surface area contributed by atoms with Crippen molar-refractivity contribution < 1.29 is 0 Å². The van der Waals surface area contributed by atoms with Gasteiger partial charge in [-0.1, -0.05) is 127 Å². The van der Waals surface area contributed by atoms with Crippen molar-refractivity contribution in [2.75, 3.05) is 0 Å². The molecule has 10 aromatic rings. The largest absolute Gasteiger partial charge is 0.208 e. The van der Waals surface area contributed by atoms with E-state index in [0.29, 0.717) is 17.5 Å². The third-order valence-corrected chi connectivity index (χ3v) is 11.6. The number of nitrogens with zero attached hydrogens (tertiary/aromatic N) is 3. The lowest BCUT2D eigenvalue weighted by molar-refractivity contribution is 1.07. The zero-order valence-corrected chi connectivity index (χ0v) is 28.4. The van der Waals surface area contributed by atoms with Crippen LogP contribution in [0.1, 0.15) is 0 Å². The van der Waals surface area contributed by atoms with Gasteiger partial charge in [-0.3, -0.25) is 0 Å². The summed E-state index contributed by atoms with van der Waals surface area (Å²) >= 11 is 3.68. The molecule has 0 fully saturated rings. The second-order valence-corrected chi connectivity index (χ2v) is 14.6. The van der Waals surface area contributed by atoms with Crippen molar-refractivity contribution >= 4 is 63.0 Å². The van der Waals surface area contributed by atoms with Crippen LogP contribution in [-0.2, 0) is 0 Å². The Morgan fingerprint density at radius 2 is 0.780 bits per heavy atom. The second-order valence-electron chi connectivity index (χ2n) is 12.4. The van der Waals surface area contributed by atoms with Crippen LogP contribution in [0.3, 0.4) is 0 Å². The molecule has 0 radical (unpaired) electrons. The first-order chi connectivity index (χ1) is 24.7. The van der Waals surface area contributed by atoms with Crippen LogP contribution in [0.2, 0.25) is 0 Å². The van der Waals surface area contributed by atoms with Crippen LogP contribution >= 0.6 is 22.7 Å². The van der Waals surface area contributed by atoms with E-state index in [9.17, 15) is 0 Å². The van der Waals surface area contributed by atoms with Crippen LogP contribution in [0.15, 0.2) is 164 Å². The van der Waals surface area contributed by atoms with Gasteiger partial charge in [-0.15, -0.1) is 22.7 Å². The number of benzene rings is 7. The summed E-state index contributed by atoms with van der Waals surface area (Å²) in [7, 11) is 0. The molecule has 0 atom stereocenters. The topological polar surface area (TPSA) is 38.7 Å². The van der Waals surface area contributed by atoms with Crippen molar-refractivity contribution in [3.63, 3.8) is 0 Å². The molecular weight excluding hydrogens is 647 g/mol. The van der Waals surface area contributed by atoms with E-state index in [0.717, 1.165) is 38.9 Å². The first-order valence-electron chi connectivity index (χ1n) is 16.6. The van der Waals surface area contributed by atoms with Crippen LogP contribution in [0.25, 0.3) is 96.8 Å². The lowest BCUT2D eigenvalue weighted by Crippen LogP contribution is -2.01. The van der Waals surface area contributed by atoms with Gasteiger partial charge < -0.3 is 0 Å². The van der Waals surface area contributed by atoms with Crippen molar-refractivity contribution in [3.8, 4) is 56.4 Å². The Morgan fingerprint density at radius 3 is 1.48 bits per heavy atom. The number of thiophene rings is 2. The van der Waals surface area contributed by atoms with Crippen molar-refractivity contribution in [1.29, 1.82) is 0 Å². The van der Waals surface area contributed by atoms with Gasteiger partial charge in [0.1, 0.15) is 0 Å². The Morgan fingerprint density at radius 1 is 0.280 bits per heavy atom. The van der Waals surface area contributed by atoms with Gasteiger partial charge in [0.2, 0.25) is 0 Å². The predicted octanol–water partition coefficient (Wildman–Crippen LogP) is 12.9. The van der Waals surface area contributed by atoms with Crippen LogP contribution in [0.5, 0.6) is 0 Å². The Labute approximate surface area is 296 Å². The molecule has 50 heavy (non-hydrogen) atoms. The first-order valence-corrected chi connectivity index (χ1v) is 18.2. The predicted molar refractivity (Wildman–Crippen MR) is 213 cm³/mol. The number of fused-ring (bicyclic) bond motifs is 6. The van der Waals surface area contributed by atoms with Crippen molar-refractivity contribution in [2.24, 2.45) is 0 Å². The van der Waals surface area contributed by atoms with Gasteiger partial charge in [-0.25, -0.2) is 15.0 Å². The molecule has 0 aliphatic rings.